The number of hydrogen-bond acceptors (Lipinski definition) is 6. The Hall–Kier alpha value is -4.66. The summed E-state index contributed by atoms with van der Waals surface area (Å²) in [5.74, 6) is -0.335. The topological polar surface area (TPSA) is 114 Å². The van der Waals surface area contributed by atoms with Crippen molar-refractivity contribution in [2.24, 2.45) is 0 Å². The maximum atomic E-state index is 12.4. The van der Waals surface area contributed by atoms with Gasteiger partial charge in [-0.3, -0.25) is 24.1 Å². The van der Waals surface area contributed by atoms with E-state index in [9.17, 15) is 19.2 Å². The van der Waals surface area contributed by atoms with Crippen LogP contribution in [0.25, 0.3) is 0 Å². The average molecular weight is 488 g/mol. The van der Waals surface area contributed by atoms with Crippen LogP contribution in [-0.4, -0.2) is 48.8 Å². The van der Waals surface area contributed by atoms with Crippen molar-refractivity contribution in [3.8, 4) is 11.5 Å². The van der Waals surface area contributed by atoms with Crippen molar-refractivity contribution in [2.75, 3.05) is 30.9 Å². The maximum Gasteiger partial charge on any atom is 0.262 e. The minimum absolute atomic E-state index is 0.122. The van der Waals surface area contributed by atoms with Gasteiger partial charge in [0.25, 0.3) is 17.7 Å². The van der Waals surface area contributed by atoms with Gasteiger partial charge in [-0.15, -0.1) is 0 Å². The third-order valence-electron chi connectivity index (χ3n) is 5.52. The molecule has 0 aromatic heterocycles. The highest BCUT2D eigenvalue weighted by atomic mass is 16.5. The molecular weight excluding hydrogens is 462 g/mol. The van der Waals surface area contributed by atoms with Crippen molar-refractivity contribution >= 4 is 35.0 Å². The first-order valence-electron chi connectivity index (χ1n) is 11.4. The lowest BCUT2D eigenvalue weighted by Crippen LogP contribution is -2.31. The van der Waals surface area contributed by atoms with Crippen LogP contribution in [0.2, 0.25) is 0 Å². The van der Waals surface area contributed by atoms with Crippen LogP contribution in [0.5, 0.6) is 11.5 Å². The number of amides is 4. The number of anilines is 2. The molecule has 0 aliphatic carbocycles. The van der Waals surface area contributed by atoms with Crippen molar-refractivity contribution < 1.29 is 28.7 Å². The van der Waals surface area contributed by atoms with Gasteiger partial charge < -0.3 is 20.1 Å². The van der Waals surface area contributed by atoms with E-state index in [-0.39, 0.29) is 43.2 Å². The first-order chi connectivity index (χ1) is 17.5. The molecule has 0 radical (unpaired) electrons. The Balaban J connectivity index is 1.24. The standard InChI is InChI=1S/C27H25N3O6/c1-35-22-12-4-5-13-23(22)36-17-25(32)29-19-9-6-8-18(16-19)28-24(31)14-7-15-30-26(33)20-10-2-3-11-21(20)27(30)34/h2-6,8-13,16H,7,14-15,17H2,1H3,(H,28,31)(H,29,32). The molecule has 0 atom stereocenters. The summed E-state index contributed by atoms with van der Waals surface area (Å²) in [7, 11) is 1.52. The van der Waals surface area contributed by atoms with Gasteiger partial charge in [-0.2, -0.15) is 0 Å². The number of methoxy groups -OCH3 is 1. The molecule has 36 heavy (non-hydrogen) atoms. The smallest absolute Gasteiger partial charge is 0.262 e. The summed E-state index contributed by atoms with van der Waals surface area (Å²) in [5.41, 5.74) is 1.77. The van der Waals surface area contributed by atoms with Gasteiger partial charge >= 0.3 is 0 Å². The molecule has 3 aromatic rings. The Labute approximate surface area is 208 Å². The number of benzene rings is 3. The normalized spacial score (nSPS) is 12.2. The van der Waals surface area contributed by atoms with E-state index >= 15 is 0 Å². The zero-order valence-electron chi connectivity index (χ0n) is 19.7. The van der Waals surface area contributed by atoms with E-state index in [1.807, 2.05) is 0 Å². The Bertz CT molecular complexity index is 1270. The van der Waals surface area contributed by atoms with Crippen LogP contribution in [0.3, 0.4) is 0 Å². The minimum Gasteiger partial charge on any atom is -0.493 e. The number of nitrogens with one attached hydrogen (secondary N) is 2. The predicted molar refractivity (Wildman–Crippen MR) is 133 cm³/mol. The molecule has 0 fully saturated rings. The average Bonchev–Trinajstić information content (AvgIpc) is 3.13. The summed E-state index contributed by atoms with van der Waals surface area (Å²) >= 11 is 0. The predicted octanol–water partition coefficient (Wildman–Crippen LogP) is 3.73. The molecule has 4 rings (SSSR count). The maximum absolute atomic E-state index is 12.4. The van der Waals surface area contributed by atoms with Gasteiger partial charge in [-0.25, -0.2) is 0 Å². The molecule has 1 heterocycles. The summed E-state index contributed by atoms with van der Waals surface area (Å²) in [5, 5.41) is 5.49. The minimum atomic E-state index is -0.370. The molecule has 9 nitrogen and oxygen atoms in total. The third-order valence-corrected chi connectivity index (χ3v) is 5.52. The number of fused-ring (bicyclic) bond motifs is 1. The zero-order valence-corrected chi connectivity index (χ0v) is 19.7. The van der Waals surface area contributed by atoms with Gasteiger partial charge in [0.15, 0.2) is 18.1 Å². The monoisotopic (exact) mass is 487 g/mol. The van der Waals surface area contributed by atoms with Gasteiger partial charge in [-0.05, 0) is 48.9 Å². The van der Waals surface area contributed by atoms with Crippen LogP contribution in [0.4, 0.5) is 11.4 Å². The summed E-state index contributed by atoms with van der Waals surface area (Å²) < 4.78 is 10.7. The number of nitrogens with zero attached hydrogens (tertiary/aromatic N) is 1. The lowest BCUT2D eigenvalue weighted by atomic mass is 10.1. The Morgan fingerprint density at radius 3 is 2.00 bits per heavy atom. The highest BCUT2D eigenvalue weighted by Crippen LogP contribution is 2.26. The number of hydrogen-bond donors (Lipinski definition) is 2. The second-order valence-electron chi connectivity index (χ2n) is 8.03. The van der Waals surface area contributed by atoms with Crippen LogP contribution >= 0.6 is 0 Å². The van der Waals surface area contributed by atoms with E-state index < -0.39 is 0 Å². The fourth-order valence-electron chi connectivity index (χ4n) is 3.82. The SMILES string of the molecule is COc1ccccc1OCC(=O)Nc1cccc(NC(=O)CCCN2C(=O)c3ccccc3C2=O)c1. The molecule has 0 saturated heterocycles. The molecule has 0 unspecified atom stereocenters. The van der Waals surface area contributed by atoms with Crippen molar-refractivity contribution in [2.45, 2.75) is 12.8 Å². The highest BCUT2D eigenvalue weighted by molar-refractivity contribution is 6.21. The molecule has 0 saturated carbocycles. The quantitative estimate of drug-likeness (QED) is 0.421. The molecule has 184 valence electrons. The number of para-hydroxylation sites is 2. The molecule has 0 spiro atoms. The van der Waals surface area contributed by atoms with E-state index in [0.717, 1.165) is 0 Å². The number of carbonyl (C=O) groups excluding carboxylic acids is 4. The van der Waals surface area contributed by atoms with Gasteiger partial charge in [0.2, 0.25) is 5.91 Å². The molecule has 9 heteroatoms. The van der Waals surface area contributed by atoms with Gasteiger partial charge in [0.1, 0.15) is 0 Å². The summed E-state index contributed by atoms with van der Waals surface area (Å²) in [6.45, 7) is -0.0587. The van der Waals surface area contributed by atoms with Crippen LogP contribution in [0.1, 0.15) is 33.6 Å². The molecule has 4 amide bonds. The summed E-state index contributed by atoms with van der Waals surface area (Å²) in [4.78, 5) is 50.7. The number of imide groups is 1. The van der Waals surface area contributed by atoms with Crippen LogP contribution in [-0.2, 0) is 9.59 Å². The molecule has 3 aromatic carbocycles. The van der Waals surface area contributed by atoms with Gasteiger partial charge in [-0.1, -0.05) is 30.3 Å². The third kappa shape index (κ3) is 5.69. The Morgan fingerprint density at radius 2 is 1.36 bits per heavy atom. The molecule has 1 aliphatic rings. The first kappa shape index (κ1) is 24.5. The number of ether oxygens (including phenoxy) is 2. The van der Waals surface area contributed by atoms with Crippen molar-refractivity contribution in [1.82, 2.24) is 4.90 Å². The number of carbonyl (C=O) groups is 4. The fraction of sp³-hybridized carbons (Fsp3) is 0.185. The number of rotatable bonds is 10. The van der Waals surface area contributed by atoms with Crippen LogP contribution < -0.4 is 20.1 Å². The van der Waals surface area contributed by atoms with E-state index in [1.54, 1.807) is 72.8 Å². The highest BCUT2D eigenvalue weighted by Gasteiger charge is 2.34. The van der Waals surface area contributed by atoms with Gasteiger partial charge in [0, 0.05) is 24.3 Å². The van der Waals surface area contributed by atoms with E-state index in [4.69, 9.17) is 9.47 Å². The zero-order chi connectivity index (χ0) is 25.5. The Kier molecular flexibility index (Phi) is 7.60. The molecule has 1 aliphatic heterocycles. The fourth-order valence-corrected chi connectivity index (χ4v) is 3.82. The summed E-state index contributed by atoms with van der Waals surface area (Å²) in [6, 6.07) is 20.4. The van der Waals surface area contributed by atoms with Crippen molar-refractivity contribution in [1.29, 1.82) is 0 Å². The van der Waals surface area contributed by atoms with Crippen LogP contribution in [0.15, 0.2) is 72.8 Å². The van der Waals surface area contributed by atoms with Crippen LogP contribution in [0, 0.1) is 0 Å². The van der Waals surface area contributed by atoms with Gasteiger partial charge in [0.05, 0.1) is 18.2 Å². The van der Waals surface area contributed by atoms with Crippen molar-refractivity contribution in [3.63, 3.8) is 0 Å². The lowest BCUT2D eigenvalue weighted by molar-refractivity contribution is -0.118. The lowest BCUT2D eigenvalue weighted by Gasteiger charge is -2.14. The first-order valence-corrected chi connectivity index (χ1v) is 11.4. The largest absolute Gasteiger partial charge is 0.493 e. The second-order valence-corrected chi connectivity index (χ2v) is 8.03. The summed E-state index contributed by atoms with van der Waals surface area (Å²) in [6.07, 6.45) is 0.449. The second kappa shape index (κ2) is 11.2. The molecule has 0 bridgehead atoms. The van der Waals surface area contributed by atoms with E-state index in [2.05, 4.69) is 10.6 Å². The molecular formula is C27H25N3O6. The van der Waals surface area contributed by atoms with Crippen molar-refractivity contribution in [3.05, 3.63) is 83.9 Å². The van der Waals surface area contributed by atoms with E-state index in [0.29, 0.717) is 40.4 Å². The van der Waals surface area contributed by atoms with E-state index in [1.165, 1.54) is 12.0 Å². The molecule has 2 N–H and O–H groups in total. The Morgan fingerprint density at radius 1 is 0.778 bits per heavy atom.